The molecule has 2 aromatic rings. The highest BCUT2D eigenvalue weighted by atomic mass is 16.7. The van der Waals surface area contributed by atoms with Gasteiger partial charge in [-0.1, -0.05) is 6.92 Å². The molecule has 6 nitrogen and oxygen atoms in total. The molecule has 2 aliphatic rings. The number of fused-ring (bicyclic) bond motifs is 2. The third kappa shape index (κ3) is 2.64. The first-order chi connectivity index (χ1) is 11.6. The molecule has 1 atom stereocenters. The first-order valence-electron chi connectivity index (χ1n) is 8.06. The van der Waals surface area contributed by atoms with E-state index in [1.165, 1.54) is 0 Å². The molecular weight excluding hydrogens is 308 g/mol. The van der Waals surface area contributed by atoms with Crippen molar-refractivity contribution in [2.75, 3.05) is 12.1 Å². The van der Waals surface area contributed by atoms with Crippen LogP contribution in [-0.2, 0) is 12.8 Å². The number of rotatable bonds is 2. The van der Waals surface area contributed by atoms with Crippen molar-refractivity contribution in [3.8, 4) is 11.5 Å². The molecular formula is C18H18N2O4. The van der Waals surface area contributed by atoms with Crippen molar-refractivity contribution in [1.29, 1.82) is 0 Å². The lowest BCUT2D eigenvalue weighted by atomic mass is 9.87. The first-order valence-corrected chi connectivity index (χ1v) is 8.06. The normalized spacial score (nSPS) is 18.1. The number of H-pyrrole nitrogens is 1. The molecule has 1 aliphatic carbocycles. The van der Waals surface area contributed by atoms with Gasteiger partial charge in [-0.25, -0.2) is 0 Å². The SMILES string of the molecule is CC1CCc2[nH]c(=O)c(C(=O)Nc3ccc4c(c3)OCO4)cc2C1. The van der Waals surface area contributed by atoms with Crippen LogP contribution in [0, 0.1) is 5.92 Å². The summed E-state index contributed by atoms with van der Waals surface area (Å²) in [5.74, 6) is 1.37. The van der Waals surface area contributed by atoms with Gasteiger partial charge in [0.1, 0.15) is 5.56 Å². The lowest BCUT2D eigenvalue weighted by Gasteiger charge is -2.21. The monoisotopic (exact) mass is 326 g/mol. The van der Waals surface area contributed by atoms with E-state index in [1.807, 2.05) is 0 Å². The molecule has 0 saturated carbocycles. The number of hydrogen-bond acceptors (Lipinski definition) is 4. The molecule has 2 heterocycles. The van der Waals surface area contributed by atoms with Crippen LogP contribution >= 0.6 is 0 Å². The highest BCUT2D eigenvalue weighted by Gasteiger charge is 2.21. The largest absolute Gasteiger partial charge is 0.454 e. The minimum Gasteiger partial charge on any atom is -0.454 e. The van der Waals surface area contributed by atoms with E-state index >= 15 is 0 Å². The first kappa shape index (κ1) is 14.8. The minimum absolute atomic E-state index is 0.139. The topological polar surface area (TPSA) is 80.4 Å². The maximum atomic E-state index is 12.5. The zero-order chi connectivity index (χ0) is 16.7. The fourth-order valence-corrected chi connectivity index (χ4v) is 3.23. The lowest BCUT2D eigenvalue weighted by molar-refractivity contribution is 0.102. The van der Waals surface area contributed by atoms with Crippen molar-refractivity contribution in [3.05, 3.63) is 51.4 Å². The zero-order valence-electron chi connectivity index (χ0n) is 13.3. The maximum absolute atomic E-state index is 12.5. The van der Waals surface area contributed by atoms with Gasteiger partial charge in [0.2, 0.25) is 6.79 Å². The smallest absolute Gasteiger partial charge is 0.261 e. The van der Waals surface area contributed by atoms with Crippen LogP contribution in [0.25, 0.3) is 0 Å². The predicted molar refractivity (Wildman–Crippen MR) is 88.8 cm³/mol. The Kier molecular flexibility index (Phi) is 3.52. The molecule has 1 aromatic carbocycles. The van der Waals surface area contributed by atoms with E-state index in [0.717, 1.165) is 30.5 Å². The summed E-state index contributed by atoms with van der Waals surface area (Å²) in [4.78, 5) is 27.6. The molecule has 0 fully saturated rings. The van der Waals surface area contributed by atoms with E-state index in [4.69, 9.17) is 9.47 Å². The number of amides is 1. The molecule has 6 heteroatoms. The van der Waals surface area contributed by atoms with Gasteiger partial charge in [0.25, 0.3) is 11.5 Å². The Labute approximate surface area is 138 Å². The van der Waals surface area contributed by atoms with E-state index < -0.39 is 5.91 Å². The minimum atomic E-state index is -0.420. The lowest BCUT2D eigenvalue weighted by Crippen LogP contribution is -2.27. The van der Waals surface area contributed by atoms with Gasteiger partial charge in [0.15, 0.2) is 11.5 Å². The fourth-order valence-electron chi connectivity index (χ4n) is 3.23. The summed E-state index contributed by atoms with van der Waals surface area (Å²) in [5.41, 5.74) is 2.37. The number of aromatic amines is 1. The molecule has 0 saturated heterocycles. The molecule has 0 radical (unpaired) electrons. The summed E-state index contributed by atoms with van der Waals surface area (Å²) >= 11 is 0. The van der Waals surface area contributed by atoms with Gasteiger partial charge in [-0.05, 0) is 48.9 Å². The number of anilines is 1. The van der Waals surface area contributed by atoms with E-state index in [2.05, 4.69) is 17.2 Å². The molecule has 24 heavy (non-hydrogen) atoms. The van der Waals surface area contributed by atoms with Gasteiger partial charge in [-0.3, -0.25) is 9.59 Å². The number of carbonyl (C=O) groups excluding carboxylic acids is 1. The highest BCUT2D eigenvalue weighted by Crippen LogP contribution is 2.34. The third-order valence-electron chi connectivity index (χ3n) is 4.55. The maximum Gasteiger partial charge on any atom is 0.261 e. The number of ether oxygens (including phenoxy) is 2. The van der Waals surface area contributed by atoms with E-state index in [-0.39, 0.29) is 17.9 Å². The second-order valence-electron chi connectivity index (χ2n) is 6.39. The van der Waals surface area contributed by atoms with Crippen molar-refractivity contribution in [1.82, 2.24) is 4.98 Å². The predicted octanol–water partition coefficient (Wildman–Crippen LogP) is 2.48. The quantitative estimate of drug-likeness (QED) is 0.888. The van der Waals surface area contributed by atoms with Gasteiger partial charge in [0.05, 0.1) is 0 Å². The van der Waals surface area contributed by atoms with Gasteiger partial charge >= 0.3 is 0 Å². The van der Waals surface area contributed by atoms with Crippen LogP contribution in [0.15, 0.2) is 29.1 Å². The second-order valence-corrected chi connectivity index (χ2v) is 6.39. The van der Waals surface area contributed by atoms with Crippen molar-refractivity contribution in [3.63, 3.8) is 0 Å². The number of carbonyl (C=O) groups is 1. The average Bonchev–Trinajstić information content (AvgIpc) is 3.02. The summed E-state index contributed by atoms with van der Waals surface area (Å²) in [5, 5.41) is 2.75. The summed E-state index contributed by atoms with van der Waals surface area (Å²) in [7, 11) is 0. The molecule has 1 aliphatic heterocycles. The van der Waals surface area contributed by atoms with Crippen LogP contribution in [0.4, 0.5) is 5.69 Å². The summed E-state index contributed by atoms with van der Waals surface area (Å²) in [6.07, 6.45) is 2.80. The molecule has 1 aromatic heterocycles. The van der Waals surface area contributed by atoms with Crippen LogP contribution in [0.3, 0.4) is 0 Å². The number of hydrogen-bond donors (Lipinski definition) is 2. The van der Waals surface area contributed by atoms with Crippen molar-refractivity contribution in [2.24, 2.45) is 5.92 Å². The van der Waals surface area contributed by atoms with Crippen LogP contribution in [0.2, 0.25) is 0 Å². The highest BCUT2D eigenvalue weighted by molar-refractivity contribution is 6.04. The van der Waals surface area contributed by atoms with Crippen LogP contribution < -0.4 is 20.3 Å². The number of nitrogens with one attached hydrogen (secondary N) is 2. The molecule has 0 spiro atoms. The Morgan fingerprint density at radius 1 is 1.25 bits per heavy atom. The summed E-state index contributed by atoms with van der Waals surface area (Å²) in [6.45, 7) is 2.36. The van der Waals surface area contributed by atoms with Crippen molar-refractivity contribution in [2.45, 2.75) is 26.2 Å². The van der Waals surface area contributed by atoms with Gasteiger partial charge < -0.3 is 19.8 Å². The Morgan fingerprint density at radius 2 is 2.08 bits per heavy atom. The zero-order valence-corrected chi connectivity index (χ0v) is 13.3. The van der Waals surface area contributed by atoms with Crippen LogP contribution in [0.1, 0.15) is 35.0 Å². The molecule has 124 valence electrons. The second kappa shape index (κ2) is 5.70. The Hall–Kier alpha value is -2.76. The standard InChI is InChI=1S/C18H18N2O4/c1-10-2-4-14-11(6-10)7-13(18(22)20-14)17(21)19-12-3-5-15-16(8-12)24-9-23-15/h3,5,7-8,10H,2,4,6,9H2,1H3,(H,19,21)(H,20,22). The van der Waals surface area contributed by atoms with E-state index in [0.29, 0.717) is 23.1 Å². The summed E-state index contributed by atoms with van der Waals surface area (Å²) in [6, 6.07) is 6.87. The van der Waals surface area contributed by atoms with Crippen LogP contribution in [0.5, 0.6) is 11.5 Å². The fraction of sp³-hybridized carbons (Fsp3) is 0.333. The Bertz CT molecular complexity index is 872. The Morgan fingerprint density at radius 3 is 2.96 bits per heavy atom. The van der Waals surface area contributed by atoms with Crippen molar-refractivity contribution >= 4 is 11.6 Å². The van der Waals surface area contributed by atoms with Gasteiger partial charge in [-0.2, -0.15) is 0 Å². The van der Waals surface area contributed by atoms with Gasteiger partial charge in [0, 0.05) is 17.4 Å². The Balaban J connectivity index is 1.60. The molecule has 2 N–H and O–H groups in total. The molecule has 4 rings (SSSR count). The number of aromatic nitrogens is 1. The van der Waals surface area contributed by atoms with Gasteiger partial charge in [-0.15, -0.1) is 0 Å². The third-order valence-corrected chi connectivity index (χ3v) is 4.55. The van der Waals surface area contributed by atoms with Crippen LogP contribution in [-0.4, -0.2) is 17.7 Å². The molecule has 1 amide bonds. The average molecular weight is 326 g/mol. The summed E-state index contributed by atoms with van der Waals surface area (Å²) < 4.78 is 10.5. The number of pyridine rings is 1. The number of aryl methyl sites for hydroxylation is 1. The van der Waals surface area contributed by atoms with Crippen molar-refractivity contribution < 1.29 is 14.3 Å². The molecule has 1 unspecified atom stereocenters. The number of benzene rings is 1. The van der Waals surface area contributed by atoms with E-state index in [9.17, 15) is 9.59 Å². The molecule has 0 bridgehead atoms. The van der Waals surface area contributed by atoms with E-state index in [1.54, 1.807) is 24.3 Å².